The van der Waals surface area contributed by atoms with Crippen molar-refractivity contribution in [3.63, 3.8) is 0 Å². The minimum Gasteiger partial charge on any atom is -0.389 e. The molecule has 1 heterocycles. The Labute approximate surface area is 197 Å². The molecule has 1 aromatic carbocycles. The van der Waals surface area contributed by atoms with Crippen molar-refractivity contribution in [3.05, 3.63) is 34.3 Å². The molecule has 0 radical (unpaired) electrons. The van der Waals surface area contributed by atoms with Crippen LogP contribution in [-0.4, -0.2) is 58.1 Å². The highest BCUT2D eigenvalue weighted by atomic mass is 79.9. The lowest BCUT2D eigenvalue weighted by molar-refractivity contribution is -0.145. The molecule has 2 fully saturated rings. The van der Waals surface area contributed by atoms with E-state index in [1.807, 2.05) is 29.2 Å². The van der Waals surface area contributed by atoms with Gasteiger partial charge in [-0.3, -0.25) is 9.69 Å². The van der Waals surface area contributed by atoms with Crippen LogP contribution in [0, 0.1) is 11.3 Å². The third kappa shape index (κ3) is 5.72. The number of piperazine rings is 1. The topological polar surface area (TPSA) is 43.8 Å². The summed E-state index contributed by atoms with van der Waals surface area (Å²) in [5.41, 5.74) is 0.289. The van der Waals surface area contributed by atoms with Crippen LogP contribution in [0.5, 0.6) is 0 Å². The molecule has 31 heavy (non-hydrogen) atoms. The zero-order valence-electron chi connectivity index (χ0n) is 20.2. The fourth-order valence-electron chi connectivity index (χ4n) is 5.42. The first-order valence-corrected chi connectivity index (χ1v) is 12.6. The van der Waals surface area contributed by atoms with E-state index >= 15 is 0 Å². The Kier molecular flexibility index (Phi) is 7.30. The third-order valence-electron chi connectivity index (χ3n) is 7.58. The maximum atomic E-state index is 13.9. The normalized spacial score (nSPS) is 27.2. The van der Waals surface area contributed by atoms with Gasteiger partial charge in [-0.2, -0.15) is 0 Å². The average molecular weight is 494 g/mol. The van der Waals surface area contributed by atoms with Crippen LogP contribution < -0.4 is 0 Å². The zero-order valence-corrected chi connectivity index (χ0v) is 21.8. The molecule has 1 N–H and O–H groups in total. The number of carbonyl (C=O) groups excluding carboxylic acids is 1. The van der Waals surface area contributed by atoms with E-state index in [0.717, 1.165) is 49.1 Å². The number of hydrogen-bond acceptors (Lipinski definition) is 3. The molecule has 4 nitrogen and oxygen atoms in total. The van der Waals surface area contributed by atoms with E-state index in [2.05, 4.69) is 62.4 Å². The van der Waals surface area contributed by atoms with Gasteiger partial charge in [-0.05, 0) is 75.5 Å². The summed E-state index contributed by atoms with van der Waals surface area (Å²) in [5, 5.41) is 11.9. The van der Waals surface area contributed by atoms with Crippen molar-refractivity contribution in [2.24, 2.45) is 11.3 Å². The second-order valence-corrected chi connectivity index (χ2v) is 12.6. The number of nitrogens with zero attached hydrogens (tertiary/aromatic N) is 2. The number of halogens is 1. The van der Waals surface area contributed by atoms with Gasteiger partial charge in [0.2, 0.25) is 5.91 Å². The summed E-state index contributed by atoms with van der Waals surface area (Å²) in [5.74, 6) is 0.164. The van der Waals surface area contributed by atoms with Crippen molar-refractivity contribution in [1.29, 1.82) is 0 Å². The van der Waals surface area contributed by atoms with E-state index in [4.69, 9.17) is 0 Å². The molecule has 5 heteroatoms. The number of carbonyl (C=O) groups is 1. The Balaban J connectivity index is 1.84. The smallest absolute Gasteiger partial charge is 0.233 e. The molecule has 1 aliphatic heterocycles. The first kappa shape index (κ1) is 24.7. The molecule has 1 saturated carbocycles. The van der Waals surface area contributed by atoms with Gasteiger partial charge in [0.15, 0.2) is 0 Å². The molecule has 0 aromatic heterocycles. The van der Waals surface area contributed by atoms with Gasteiger partial charge in [-0.15, -0.1) is 0 Å². The summed E-state index contributed by atoms with van der Waals surface area (Å²) in [7, 11) is 0. The van der Waals surface area contributed by atoms with Crippen LogP contribution in [0.3, 0.4) is 0 Å². The minimum atomic E-state index is -0.985. The average Bonchev–Trinajstić information content (AvgIpc) is 2.67. The van der Waals surface area contributed by atoms with Gasteiger partial charge in [-0.1, -0.05) is 48.8 Å². The van der Waals surface area contributed by atoms with Crippen molar-refractivity contribution in [2.75, 3.05) is 26.2 Å². The largest absolute Gasteiger partial charge is 0.389 e. The Morgan fingerprint density at radius 3 is 2.13 bits per heavy atom. The molecular weight excluding hydrogens is 452 g/mol. The van der Waals surface area contributed by atoms with Crippen LogP contribution in [0.25, 0.3) is 0 Å². The van der Waals surface area contributed by atoms with Crippen molar-refractivity contribution in [2.45, 2.75) is 84.3 Å². The molecular formula is C26H41BrN2O2. The Morgan fingerprint density at radius 2 is 1.65 bits per heavy atom. The van der Waals surface area contributed by atoms with Crippen LogP contribution in [0.1, 0.15) is 78.7 Å². The van der Waals surface area contributed by atoms with Gasteiger partial charge in [0, 0.05) is 36.2 Å². The molecule has 3 rings (SSSR count). The highest BCUT2D eigenvalue weighted by molar-refractivity contribution is 9.10. The van der Waals surface area contributed by atoms with Crippen molar-refractivity contribution >= 4 is 21.8 Å². The summed E-state index contributed by atoms with van der Waals surface area (Å²) in [6.45, 7) is 16.7. The van der Waals surface area contributed by atoms with Gasteiger partial charge >= 0.3 is 0 Å². The summed E-state index contributed by atoms with van der Waals surface area (Å²) >= 11 is 3.57. The van der Waals surface area contributed by atoms with Crippen LogP contribution in [0.15, 0.2) is 28.7 Å². The lowest BCUT2D eigenvalue weighted by atomic mass is 9.64. The fraction of sp³-hybridized carbons (Fsp3) is 0.731. The number of aliphatic hydroxyl groups is 1. The molecule has 0 spiro atoms. The van der Waals surface area contributed by atoms with Gasteiger partial charge in [-0.25, -0.2) is 0 Å². The van der Waals surface area contributed by atoms with Gasteiger partial charge in [0.05, 0.1) is 11.5 Å². The molecule has 1 amide bonds. The van der Waals surface area contributed by atoms with Crippen LogP contribution >= 0.6 is 15.9 Å². The number of amides is 1. The lowest BCUT2D eigenvalue weighted by Crippen LogP contribution is -2.57. The summed E-state index contributed by atoms with van der Waals surface area (Å²) in [6, 6.07) is 7.98. The maximum Gasteiger partial charge on any atom is 0.233 e. The predicted octanol–water partition coefficient (Wildman–Crippen LogP) is 5.44. The summed E-state index contributed by atoms with van der Waals surface area (Å²) < 4.78 is 0.951. The molecule has 1 atom stereocenters. The van der Waals surface area contributed by atoms with Crippen molar-refractivity contribution < 1.29 is 9.90 Å². The van der Waals surface area contributed by atoms with Gasteiger partial charge < -0.3 is 10.0 Å². The molecule has 0 bridgehead atoms. The second-order valence-electron chi connectivity index (χ2n) is 11.7. The molecule has 174 valence electrons. The summed E-state index contributed by atoms with van der Waals surface area (Å²) in [4.78, 5) is 18.3. The highest BCUT2D eigenvalue weighted by Gasteiger charge is 2.48. The van der Waals surface area contributed by atoms with Gasteiger partial charge in [0.25, 0.3) is 0 Å². The van der Waals surface area contributed by atoms with Crippen LogP contribution in [-0.2, 0) is 4.79 Å². The Morgan fingerprint density at radius 1 is 1.06 bits per heavy atom. The van der Waals surface area contributed by atoms with E-state index in [9.17, 15) is 9.90 Å². The molecule has 1 saturated heterocycles. The predicted molar refractivity (Wildman–Crippen MR) is 131 cm³/mol. The van der Waals surface area contributed by atoms with Crippen molar-refractivity contribution in [3.8, 4) is 0 Å². The van der Waals surface area contributed by atoms with Crippen LogP contribution in [0.4, 0.5) is 0 Å². The monoisotopic (exact) mass is 492 g/mol. The van der Waals surface area contributed by atoms with E-state index in [0.29, 0.717) is 18.8 Å². The maximum absolute atomic E-state index is 13.9. The van der Waals surface area contributed by atoms with Crippen molar-refractivity contribution in [1.82, 2.24) is 9.80 Å². The first-order valence-electron chi connectivity index (χ1n) is 11.8. The first-order chi connectivity index (χ1) is 14.3. The lowest BCUT2D eigenvalue weighted by Gasteiger charge is -2.47. The van der Waals surface area contributed by atoms with E-state index in [1.165, 1.54) is 0 Å². The van der Waals surface area contributed by atoms with E-state index < -0.39 is 11.5 Å². The second kappa shape index (κ2) is 9.15. The SMILES string of the molecule is CC(C)(C)C1CCC(O)(C(C(=O)N2CCN(C(C)(C)C)CC2)c2cccc(Br)c2)CC1. The quantitative estimate of drug-likeness (QED) is 0.610. The van der Waals surface area contributed by atoms with E-state index in [-0.39, 0.29) is 16.9 Å². The molecule has 2 aliphatic rings. The molecule has 1 aliphatic carbocycles. The minimum absolute atomic E-state index is 0.0865. The Bertz CT molecular complexity index is 764. The number of benzene rings is 1. The highest BCUT2D eigenvalue weighted by Crippen LogP contribution is 2.47. The number of rotatable bonds is 3. The Hall–Kier alpha value is -0.910. The molecule has 1 aromatic rings. The van der Waals surface area contributed by atoms with Gasteiger partial charge in [0.1, 0.15) is 0 Å². The third-order valence-corrected chi connectivity index (χ3v) is 8.08. The van der Waals surface area contributed by atoms with Crippen LogP contribution in [0.2, 0.25) is 0 Å². The number of hydrogen-bond donors (Lipinski definition) is 1. The molecule has 1 unspecified atom stereocenters. The standard InChI is InChI=1S/C26H41BrN2O2/c1-24(2,3)20-10-12-26(31,13-11-20)22(19-8-7-9-21(27)18-19)23(30)28-14-16-29(17-15-28)25(4,5)6/h7-9,18,20,22,31H,10-17H2,1-6H3. The summed E-state index contributed by atoms with van der Waals surface area (Å²) in [6.07, 6.45) is 3.30. The van der Waals surface area contributed by atoms with E-state index in [1.54, 1.807) is 0 Å². The zero-order chi connectivity index (χ0) is 23.0. The fourth-order valence-corrected chi connectivity index (χ4v) is 5.84.